The topological polar surface area (TPSA) is 124 Å². The Morgan fingerprint density at radius 2 is 1.95 bits per heavy atom. The lowest BCUT2D eigenvalue weighted by molar-refractivity contribution is 0.102. The molecule has 2 aliphatic rings. The highest BCUT2D eigenvalue weighted by atomic mass is 16.1. The molecule has 0 aliphatic carbocycles. The average molecular weight is 520 g/mol. The molecule has 6 rings (SSSR count). The summed E-state index contributed by atoms with van der Waals surface area (Å²) < 4.78 is 1.86. The molecule has 0 saturated carbocycles. The molecule has 1 aromatic carbocycles. The van der Waals surface area contributed by atoms with E-state index >= 15 is 0 Å². The van der Waals surface area contributed by atoms with Crippen LogP contribution in [0.25, 0.3) is 11.3 Å². The number of piperazine rings is 1. The Bertz CT molecular complexity index is 1610. The second kappa shape index (κ2) is 10.2. The quantitative estimate of drug-likeness (QED) is 0.372. The Kier molecular flexibility index (Phi) is 6.42. The van der Waals surface area contributed by atoms with E-state index in [1.165, 1.54) is 11.3 Å². The largest absolute Gasteiger partial charge is 0.369 e. The molecule has 196 valence electrons. The van der Waals surface area contributed by atoms with Crippen molar-refractivity contribution in [3.8, 4) is 17.3 Å². The van der Waals surface area contributed by atoms with E-state index in [1.807, 2.05) is 36.7 Å². The normalized spacial score (nSPS) is 14.4. The van der Waals surface area contributed by atoms with Crippen molar-refractivity contribution in [3.63, 3.8) is 0 Å². The number of aryl methyl sites for hydroxylation is 4. The van der Waals surface area contributed by atoms with Gasteiger partial charge in [0.15, 0.2) is 0 Å². The molecule has 39 heavy (non-hydrogen) atoms. The molecule has 2 aliphatic heterocycles. The summed E-state index contributed by atoms with van der Waals surface area (Å²) in [5, 5.41) is 24.6. The molecule has 10 nitrogen and oxygen atoms in total. The molecule has 0 atom stereocenters. The van der Waals surface area contributed by atoms with Gasteiger partial charge in [0, 0.05) is 61.6 Å². The Morgan fingerprint density at radius 1 is 1.10 bits per heavy atom. The molecular weight excluding hydrogens is 490 g/mol. The molecule has 5 heterocycles. The number of rotatable bonds is 4. The van der Waals surface area contributed by atoms with Gasteiger partial charge in [-0.05, 0) is 67.8 Å². The van der Waals surface area contributed by atoms with Crippen molar-refractivity contribution in [2.45, 2.75) is 26.8 Å². The molecule has 4 aromatic rings. The minimum atomic E-state index is -0.336. The zero-order valence-corrected chi connectivity index (χ0v) is 22.0. The average Bonchev–Trinajstić information content (AvgIpc) is 3.19. The van der Waals surface area contributed by atoms with Crippen LogP contribution in [0.5, 0.6) is 0 Å². The number of nitrogens with zero attached hydrogens (tertiary/aromatic N) is 6. The smallest absolute Gasteiger partial charge is 0.275 e. The first-order valence-electron chi connectivity index (χ1n) is 13.1. The van der Waals surface area contributed by atoms with Gasteiger partial charge in [0.2, 0.25) is 0 Å². The summed E-state index contributed by atoms with van der Waals surface area (Å²) in [5.74, 6) is 0.809. The van der Waals surface area contributed by atoms with Crippen LogP contribution in [-0.2, 0) is 13.0 Å². The molecule has 3 N–H and O–H groups in total. The third kappa shape index (κ3) is 4.80. The van der Waals surface area contributed by atoms with E-state index in [4.69, 9.17) is 5.10 Å². The number of anilines is 4. The number of hydrogen-bond acceptors (Lipinski definition) is 8. The molecule has 0 spiro atoms. The lowest BCUT2D eigenvalue weighted by atomic mass is 10.1. The van der Waals surface area contributed by atoms with Crippen molar-refractivity contribution in [3.05, 3.63) is 76.7 Å². The number of amides is 1. The predicted octanol–water partition coefficient (Wildman–Crippen LogP) is 3.79. The van der Waals surface area contributed by atoms with Gasteiger partial charge in [-0.3, -0.25) is 9.78 Å². The fourth-order valence-corrected chi connectivity index (χ4v) is 5.17. The van der Waals surface area contributed by atoms with E-state index in [2.05, 4.69) is 55.1 Å². The molecule has 1 saturated heterocycles. The van der Waals surface area contributed by atoms with E-state index in [0.717, 1.165) is 44.0 Å². The number of carbonyl (C=O) groups is 1. The molecule has 10 heteroatoms. The third-order valence-electron chi connectivity index (χ3n) is 7.18. The van der Waals surface area contributed by atoms with Gasteiger partial charge in [-0.25, -0.2) is 9.67 Å². The van der Waals surface area contributed by atoms with Gasteiger partial charge in [-0.15, -0.1) is 0 Å². The zero-order valence-electron chi connectivity index (χ0n) is 22.0. The van der Waals surface area contributed by atoms with Crippen molar-refractivity contribution in [2.24, 2.45) is 0 Å². The Labute approximate surface area is 226 Å². The van der Waals surface area contributed by atoms with Gasteiger partial charge < -0.3 is 20.9 Å². The molecule has 1 fully saturated rings. The zero-order chi connectivity index (χ0) is 26.9. The van der Waals surface area contributed by atoms with Gasteiger partial charge in [0.25, 0.3) is 5.91 Å². The fraction of sp³-hybridized carbons (Fsp3) is 0.276. The Morgan fingerprint density at radius 3 is 2.72 bits per heavy atom. The number of nitriles is 1. The summed E-state index contributed by atoms with van der Waals surface area (Å²) in [5.41, 5.74) is 6.90. The minimum Gasteiger partial charge on any atom is -0.369 e. The van der Waals surface area contributed by atoms with Gasteiger partial charge >= 0.3 is 0 Å². The summed E-state index contributed by atoms with van der Waals surface area (Å²) in [7, 11) is 0. The number of aromatic nitrogens is 4. The van der Waals surface area contributed by atoms with Crippen molar-refractivity contribution < 1.29 is 4.79 Å². The number of carbonyl (C=O) groups excluding carboxylic acids is 1. The highest BCUT2D eigenvalue weighted by Crippen LogP contribution is 2.35. The highest BCUT2D eigenvalue weighted by molar-refractivity contribution is 6.03. The molecule has 0 bridgehead atoms. The van der Waals surface area contributed by atoms with E-state index < -0.39 is 0 Å². The second-order valence-electron chi connectivity index (χ2n) is 9.87. The van der Waals surface area contributed by atoms with Crippen LogP contribution in [0.1, 0.15) is 32.9 Å². The summed E-state index contributed by atoms with van der Waals surface area (Å²) >= 11 is 0. The molecule has 0 radical (unpaired) electrons. The Balaban J connectivity index is 1.27. The van der Waals surface area contributed by atoms with Gasteiger partial charge in [-0.1, -0.05) is 6.07 Å². The third-order valence-corrected chi connectivity index (χ3v) is 7.18. The van der Waals surface area contributed by atoms with Crippen LogP contribution in [0.15, 0.2) is 48.7 Å². The first kappa shape index (κ1) is 24.6. The van der Waals surface area contributed by atoms with Crippen LogP contribution >= 0.6 is 0 Å². The van der Waals surface area contributed by atoms with Crippen molar-refractivity contribution >= 4 is 28.9 Å². The highest BCUT2D eigenvalue weighted by Gasteiger charge is 2.24. The molecule has 3 aromatic heterocycles. The number of pyridine rings is 2. The molecular formula is C29H29N9O. The minimum absolute atomic E-state index is 0.300. The number of nitrogens with one attached hydrogen (secondary N) is 3. The monoisotopic (exact) mass is 519 g/mol. The summed E-state index contributed by atoms with van der Waals surface area (Å²) in [4.78, 5) is 24.0. The van der Waals surface area contributed by atoms with E-state index in [-0.39, 0.29) is 5.91 Å². The second-order valence-corrected chi connectivity index (χ2v) is 9.87. The Hall–Kier alpha value is -4.75. The SMILES string of the molecule is Cc1cccc(NC(=O)c2ncc(-c3nn4c(c3C#N)Nc3ccc(N5CCNCC5)cc3CC4)cc2C)n1. The fourth-order valence-electron chi connectivity index (χ4n) is 5.17. The standard InChI is InChI=1S/C29H29N9O/c1-18-14-21(17-32-26(18)29(39)35-25-5-3-4-19(2)33-25)27-23(16-30)28-34-24-7-6-22(37-12-9-31-10-13-37)15-20(24)8-11-38(28)36-27/h3-7,14-15,17,31,34H,8-13H2,1-2H3,(H,33,35,39). The predicted molar refractivity (Wildman–Crippen MR) is 150 cm³/mol. The summed E-state index contributed by atoms with van der Waals surface area (Å²) in [6.07, 6.45) is 2.40. The van der Waals surface area contributed by atoms with E-state index in [1.54, 1.807) is 12.3 Å². The van der Waals surface area contributed by atoms with Crippen LogP contribution < -0.4 is 20.9 Å². The lowest BCUT2D eigenvalue weighted by Gasteiger charge is -2.30. The first-order chi connectivity index (χ1) is 19.0. The maximum Gasteiger partial charge on any atom is 0.275 e. The lowest BCUT2D eigenvalue weighted by Crippen LogP contribution is -2.43. The first-order valence-corrected chi connectivity index (χ1v) is 13.1. The molecule has 0 unspecified atom stereocenters. The van der Waals surface area contributed by atoms with Crippen molar-refractivity contribution in [2.75, 3.05) is 41.7 Å². The van der Waals surface area contributed by atoms with E-state index in [0.29, 0.717) is 46.3 Å². The van der Waals surface area contributed by atoms with Crippen molar-refractivity contribution in [1.82, 2.24) is 25.1 Å². The van der Waals surface area contributed by atoms with Gasteiger partial charge in [0.1, 0.15) is 34.7 Å². The molecule has 1 amide bonds. The van der Waals surface area contributed by atoms with E-state index in [9.17, 15) is 10.1 Å². The van der Waals surface area contributed by atoms with Crippen molar-refractivity contribution in [1.29, 1.82) is 5.26 Å². The van der Waals surface area contributed by atoms with Crippen LogP contribution in [0.4, 0.5) is 23.0 Å². The summed E-state index contributed by atoms with van der Waals surface area (Å²) in [6.45, 7) is 8.30. The number of benzene rings is 1. The van der Waals surface area contributed by atoms with Gasteiger partial charge in [0.05, 0.1) is 0 Å². The van der Waals surface area contributed by atoms with Crippen LogP contribution in [0.2, 0.25) is 0 Å². The number of fused-ring (bicyclic) bond motifs is 2. The maximum atomic E-state index is 12.9. The van der Waals surface area contributed by atoms with Crippen LogP contribution in [0, 0.1) is 25.2 Å². The summed E-state index contributed by atoms with van der Waals surface area (Å²) in [6, 6.07) is 16.1. The van der Waals surface area contributed by atoms with Crippen LogP contribution in [0.3, 0.4) is 0 Å². The maximum absolute atomic E-state index is 12.9. The number of hydrogen-bond donors (Lipinski definition) is 3. The van der Waals surface area contributed by atoms with Crippen LogP contribution in [-0.4, -0.2) is 51.8 Å². The van der Waals surface area contributed by atoms with Gasteiger partial charge in [-0.2, -0.15) is 10.4 Å².